The molecule has 0 aromatic carbocycles. The van der Waals surface area contributed by atoms with E-state index in [-0.39, 0.29) is 12.0 Å². The number of likely N-dealkylation sites (tertiary alicyclic amines) is 1. The maximum absolute atomic E-state index is 12.6. The van der Waals surface area contributed by atoms with Crippen LogP contribution in [0.25, 0.3) is 0 Å². The number of carbonyl (C=O) groups is 1. The van der Waals surface area contributed by atoms with Crippen molar-refractivity contribution in [2.45, 2.75) is 44.2 Å². The van der Waals surface area contributed by atoms with Crippen molar-refractivity contribution in [3.05, 3.63) is 0 Å². The minimum absolute atomic E-state index is 0.0820. The fraction of sp³-hybridized carbons (Fsp3) is 0.933. The van der Waals surface area contributed by atoms with Crippen LogP contribution in [0.4, 0.5) is 0 Å². The SMILES string of the molecule is CCOCCOC1CCN(C(=O)C2(N)CCOCC2)CC1. The molecule has 2 rings (SSSR count). The molecule has 0 saturated carbocycles. The van der Waals surface area contributed by atoms with Gasteiger partial charge in [0.15, 0.2) is 0 Å². The van der Waals surface area contributed by atoms with Gasteiger partial charge in [-0.1, -0.05) is 0 Å². The van der Waals surface area contributed by atoms with Crippen LogP contribution in [0.15, 0.2) is 0 Å². The lowest BCUT2D eigenvalue weighted by atomic mass is 9.89. The number of ether oxygens (including phenoxy) is 3. The van der Waals surface area contributed by atoms with Crippen molar-refractivity contribution < 1.29 is 19.0 Å². The topological polar surface area (TPSA) is 74.0 Å². The number of nitrogens with two attached hydrogens (primary N) is 1. The van der Waals surface area contributed by atoms with Crippen molar-refractivity contribution in [2.75, 3.05) is 46.1 Å². The maximum Gasteiger partial charge on any atom is 0.242 e. The zero-order valence-electron chi connectivity index (χ0n) is 13.0. The quantitative estimate of drug-likeness (QED) is 0.725. The average Bonchev–Trinajstić information content (AvgIpc) is 2.52. The third kappa shape index (κ3) is 4.64. The normalized spacial score (nSPS) is 23.2. The van der Waals surface area contributed by atoms with Crippen molar-refractivity contribution in [3.63, 3.8) is 0 Å². The largest absolute Gasteiger partial charge is 0.381 e. The van der Waals surface area contributed by atoms with Crippen LogP contribution in [0.3, 0.4) is 0 Å². The first-order chi connectivity index (χ1) is 10.2. The van der Waals surface area contributed by atoms with Crippen LogP contribution in [0.5, 0.6) is 0 Å². The van der Waals surface area contributed by atoms with Gasteiger partial charge >= 0.3 is 0 Å². The summed E-state index contributed by atoms with van der Waals surface area (Å²) in [4.78, 5) is 14.5. The van der Waals surface area contributed by atoms with E-state index in [1.807, 2.05) is 11.8 Å². The molecule has 2 fully saturated rings. The predicted octanol–water partition coefficient (Wildman–Crippen LogP) is 0.538. The summed E-state index contributed by atoms with van der Waals surface area (Å²) in [7, 11) is 0. The van der Waals surface area contributed by atoms with Gasteiger partial charge in [-0.25, -0.2) is 0 Å². The van der Waals surface area contributed by atoms with Gasteiger partial charge in [-0.3, -0.25) is 4.79 Å². The highest BCUT2D eigenvalue weighted by molar-refractivity contribution is 5.86. The summed E-state index contributed by atoms with van der Waals surface area (Å²) in [6, 6.07) is 0. The second kappa shape index (κ2) is 8.08. The third-order valence-electron chi connectivity index (χ3n) is 4.33. The third-order valence-corrected chi connectivity index (χ3v) is 4.33. The molecule has 2 N–H and O–H groups in total. The van der Waals surface area contributed by atoms with Gasteiger partial charge in [0.05, 0.1) is 24.9 Å². The monoisotopic (exact) mass is 300 g/mol. The van der Waals surface area contributed by atoms with Crippen LogP contribution in [0, 0.1) is 0 Å². The first-order valence-corrected chi connectivity index (χ1v) is 8.01. The van der Waals surface area contributed by atoms with E-state index in [0.29, 0.717) is 39.3 Å². The van der Waals surface area contributed by atoms with E-state index >= 15 is 0 Å². The molecule has 2 aliphatic rings. The summed E-state index contributed by atoms with van der Waals surface area (Å²) in [6.45, 7) is 6.60. The summed E-state index contributed by atoms with van der Waals surface area (Å²) in [5.41, 5.74) is 5.54. The Morgan fingerprint density at radius 1 is 1.29 bits per heavy atom. The van der Waals surface area contributed by atoms with Crippen LogP contribution in [-0.4, -0.2) is 68.6 Å². The van der Waals surface area contributed by atoms with Gasteiger partial charge in [0.25, 0.3) is 0 Å². The fourth-order valence-electron chi connectivity index (χ4n) is 2.91. The molecule has 0 bridgehead atoms. The number of nitrogens with zero attached hydrogens (tertiary/aromatic N) is 1. The van der Waals surface area contributed by atoms with Crippen molar-refractivity contribution in [1.29, 1.82) is 0 Å². The molecule has 0 unspecified atom stereocenters. The number of rotatable bonds is 6. The zero-order chi connectivity index (χ0) is 15.1. The lowest BCUT2D eigenvalue weighted by molar-refractivity contribution is -0.143. The maximum atomic E-state index is 12.6. The Bertz CT molecular complexity index is 324. The smallest absolute Gasteiger partial charge is 0.242 e. The molecule has 0 aromatic heterocycles. The number of hydrogen-bond acceptors (Lipinski definition) is 5. The minimum atomic E-state index is -0.721. The van der Waals surface area contributed by atoms with Crippen molar-refractivity contribution in [2.24, 2.45) is 5.73 Å². The van der Waals surface area contributed by atoms with Gasteiger partial charge in [0.2, 0.25) is 5.91 Å². The Hall–Kier alpha value is -0.690. The molecule has 2 saturated heterocycles. The molecule has 0 aliphatic carbocycles. The summed E-state index contributed by atoms with van der Waals surface area (Å²) < 4.78 is 16.3. The first kappa shape index (κ1) is 16.7. The van der Waals surface area contributed by atoms with E-state index in [4.69, 9.17) is 19.9 Å². The average molecular weight is 300 g/mol. The lowest BCUT2D eigenvalue weighted by Crippen LogP contribution is -2.59. The molecule has 6 nitrogen and oxygen atoms in total. The number of carbonyl (C=O) groups excluding carboxylic acids is 1. The van der Waals surface area contributed by atoms with Crippen LogP contribution < -0.4 is 5.73 Å². The number of amides is 1. The van der Waals surface area contributed by atoms with Gasteiger partial charge in [-0.15, -0.1) is 0 Å². The van der Waals surface area contributed by atoms with E-state index in [9.17, 15) is 4.79 Å². The molecular weight excluding hydrogens is 272 g/mol. The van der Waals surface area contributed by atoms with Gasteiger partial charge in [0.1, 0.15) is 0 Å². The van der Waals surface area contributed by atoms with Gasteiger partial charge in [-0.05, 0) is 32.6 Å². The number of piperidine rings is 1. The standard InChI is InChI=1S/C15H28N2O4/c1-2-19-11-12-21-13-3-7-17(8-4-13)14(18)15(16)5-9-20-10-6-15/h13H,2-12,16H2,1H3. The molecule has 0 atom stereocenters. The lowest BCUT2D eigenvalue weighted by Gasteiger charge is -2.39. The van der Waals surface area contributed by atoms with E-state index in [2.05, 4.69) is 0 Å². The molecule has 0 aromatic rings. The van der Waals surface area contributed by atoms with Gasteiger partial charge < -0.3 is 24.8 Å². The molecule has 2 aliphatic heterocycles. The Kier molecular flexibility index (Phi) is 6.41. The second-order valence-electron chi connectivity index (χ2n) is 5.83. The fourth-order valence-corrected chi connectivity index (χ4v) is 2.91. The molecule has 2 heterocycles. The molecule has 0 spiro atoms. The molecular formula is C15H28N2O4. The Morgan fingerprint density at radius 3 is 2.57 bits per heavy atom. The van der Waals surface area contributed by atoms with Crippen molar-refractivity contribution in [1.82, 2.24) is 4.90 Å². The molecule has 21 heavy (non-hydrogen) atoms. The molecule has 6 heteroatoms. The van der Waals surface area contributed by atoms with E-state index in [0.717, 1.165) is 32.5 Å². The summed E-state index contributed by atoms with van der Waals surface area (Å²) in [5.74, 6) is 0.0820. The highest BCUT2D eigenvalue weighted by atomic mass is 16.5. The van der Waals surface area contributed by atoms with Crippen LogP contribution in [-0.2, 0) is 19.0 Å². The first-order valence-electron chi connectivity index (χ1n) is 8.01. The Balaban J connectivity index is 1.71. The minimum Gasteiger partial charge on any atom is -0.381 e. The second-order valence-corrected chi connectivity index (χ2v) is 5.83. The van der Waals surface area contributed by atoms with Crippen LogP contribution >= 0.6 is 0 Å². The van der Waals surface area contributed by atoms with Crippen LogP contribution in [0.1, 0.15) is 32.6 Å². The van der Waals surface area contributed by atoms with Gasteiger partial charge in [-0.2, -0.15) is 0 Å². The zero-order valence-corrected chi connectivity index (χ0v) is 13.0. The highest BCUT2D eigenvalue weighted by Gasteiger charge is 2.39. The van der Waals surface area contributed by atoms with Crippen molar-refractivity contribution >= 4 is 5.91 Å². The van der Waals surface area contributed by atoms with Crippen molar-refractivity contribution in [3.8, 4) is 0 Å². The van der Waals surface area contributed by atoms with E-state index in [1.165, 1.54) is 0 Å². The number of hydrogen-bond donors (Lipinski definition) is 1. The molecule has 1 amide bonds. The highest BCUT2D eigenvalue weighted by Crippen LogP contribution is 2.23. The summed E-state index contributed by atoms with van der Waals surface area (Å²) in [5, 5.41) is 0. The van der Waals surface area contributed by atoms with Gasteiger partial charge in [0, 0.05) is 32.9 Å². The Labute approximate surface area is 126 Å². The van der Waals surface area contributed by atoms with Crippen LogP contribution in [0.2, 0.25) is 0 Å². The van der Waals surface area contributed by atoms with E-state index < -0.39 is 5.54 Å². The predicted molar refractivity (Wildman–Crippen MR) is 79.0 cm³/mol. The van der Waals surface area contributed by atoms with E-state index in [1.54, 1.807) is 0 Å². The Morgan fingerprint density at radius 2 is 1.95 bits per heavy atom. The molecule has 0 radical (unpaired) electrons. The molecule has 122 valence electrons. The summed E-state index contributed by atoms with van der Waals surface area (Å²) in [6.07, 6.45) is 3.24. The summed E-state index contributed by atoms with van der Waals surface area (Å²) >= 11 is 0.